The van der Waals surface area contributed by atoms with Crippen LogP contribution in [0.4, 0.5) is 4.79 Å². The van der Waals surface area contributed by atoms with Crippen LogP contribution in [0.2, 0.25) is 0 Å². The molecule has 0 radical (unpaired) electrons. The number of ether oxygens (including phenoxy) is 2. The second-order valence-electron chi connectivity index (χ2n) is 5.98. The molecular formula is C14H21N3O5. The van der Waals surface area contributed by atoms with Crippen LogP contribution in [-0.2, 0) is 26.9 Å². The van der Waals surface area contributed by atoms with Gasteiger partial charge in [0.25, 0.3) is 0 Å². The maximum Gasteiger partial charge on any atom is 0.408 e. The summed E-state index contributed by atoms with van der Waals surface area (Å²) >= 11 is 0. The molecule has 1 N–H and O–H groups in total. The SMILES string of the molecule is COC(=O)c1cc(C(C)(C=O)NC(=O)OC(C)(C)C)n(C)n1. The number of carbonyl (C=O) groups excluding carboxylic acids is 3. The average molecular weight is 311 g/mol. The van der Waals surface area contributed by atoms with Gasteiger partial charge in [0.2, 0.25) is 0 Å². The fourth-order valence-corrected chi connectivity index (χ4v) is 1.83. The summed E-state index contributed by atoms with van der Waals surface area (Å²) in [4.78, 5) is 34.9. The van der Waals surface area contributed by atoms with E-state index in [1.54, 1.807) is 27.8 Å². The van der Waals surface area contributed by atoms with Crippen molar-refractivity contribution in [3.8, 4) is 0 Å². The third-order valence-electron chi connectivity index (χ3n) is 2.80. The molecule has 8 heteroatoms. The zero-order chi connectivity index (χ0) is 17.1. The van der Waals surface area contributed by atoms with Crippen LogP contribution in [0.25, 0.3) is 0 Å². The van der Waals surface area contributed by atoms with Gasteiger partial charge in [-0.05, 0) is 33.8 Å². The van der Waals surface area contributed by atoms with Crippen LogP contribution < -0.4 is 5.32 Å². The van der Waals surface area contributed by atoms with E-state index in [-0.39, 0.29) is 5.69 Å². The van der Waals surface area contributed by atoms with Gasteiger partial charge in [-0.1, -0.05) is 0 Å². The number of carbonyl (C=O) groups is 3. The summed E-state index contributed by atoms with van der Waals surface area (Å²) in [6.45, 7) is 6.63. The van der Waals surface area contributed by atoms with Gasteiger partial charge in [-0.2, -0.15) is 5.10 Å². The molecule has 0 aliphatic rings. The Labute approximate surface area is 128 Å². The molecule has 22 heavy (non-hydrogen) atoms. The lowest BCUT2D eigenvalue weighted by Gasteiger charge is -2.27. The molecule has 0 saturated heterocycles. The monoisotopic (exact) mass is 311 g/mol. The molecule has 1 heterocycles. The molecule has 0 aliphatic carbocycles. The number of methoxy groups -OCH3 is 1. The Morgan fingerprint density at radius 3 is 2.36 bits per heavy atom. The molecule has 122 valence electrons. The highest BCUT2D eigenvalue weighted by atomic mass is 16.6. The number of aryl methyl sites for hydroxylation is 1. The van der Waals surface area contributed by atoms with Crippen LogP contribution in [0.15, 0.2) is 6.07 Å². The summed E-state index contributed by atoms with van der Waals surface area (Å²) in [5, 5.41) is 6.45. The number of esters is 1. The third kappa shape index (κ3) is 4.06. The van der Waals surface area contributed by atoms with Crippen LogP contribution in [0.5, 0.6) is 0 Å². The lowest BCUT2D eigenvalue weighted by Crippen LogP contribution is -2.48. The minimum atomic E-state index is -1.39. The minimum absolute atomic E-state index is 0.0408. The second-order valence-corrected chi connectivity index (χ2v) is 5.98. The summed E-state index contributed by atoms with van der Waals surface area (Å²) in [7, 11) is 2.79. The highest BCUT2D eigenvalue weighted by Gasteiger charge is 2.34. The molecule has 0 aromatic carbocycles. The first-order valence-electron chi connectivity index (χ1n) is 6.63. The van der Waals surface area contributed by atoms with E-state index in [0.29, 0.717) is 12.0 Å². The summed E-state index contributed by atoms with van der Waals surface area (Å²) in [5.74, 6) is -0.632. The number of nitrogens with one attached hydrogen (secondary N) is 1. The van der Waals surface area contributed by atoms with E-state index in [0.717, 1.165) is 0 Å². The Balaban J connectivity index is 3.08. The molecule has 8 nitrogen and oxygen atoms in total. The van der Waals surface area contributed by atoms with Crippen molar-refractivity contribution in [2.75, 3.05) is 7.11 Å². The number of alkyl carbamates (subject to hydrolysis) is 1. The smallest absolute Gasteiger partial charge is 0.408 e. The lowest BCUT2D eigenvalue weighted by molar-refractivity contribution is -0.113. The normalized spacial score (nSPS) is 13.9. The highest BCUT2D eigenvalue weighted by molar-refractivity contribution is 5.88. The second kappa shape index (κ2) is 6.17. The largest absolute Gasteiger partial charge is 0.464 e. The standard InChI is InChI=1S/C14H21N3O5/c1-13(2,3)22-12(20)15-14(4,8-18)10-7-9(11(19)21-6)16-17(10)5/h7-8H,1-6H3,(H,15,20). The van der Waals surface area contributed by atoms with Crippen LogP contribution in [-0.4, -0.2) is 40.8 Å². The van der Waals surface area contributed by atoms with Crippen molar-refractivity contribution < 1.29 is 23.9 Å². The number of nitrogens with zero attached hydrogens (tertiary/aromatic N) is 2. The van der Waals surface area contributed by atoms with Gasteiger partial charge < -0.3 is 19.6 Å². The fraction of sp³-hybridized carbons (Fsp3) is 0.571. The van der Waals surface area contributed by atoms with Gasteiger partial charge in [0.1, 0.15) is 11.1 Å². The molecule has 1 aromatic heterocycles. The first kappa shape index (κ1) is 17.7. The van der Waals surface area contributed by atoms with E-state index in [1.165, 1.54) is 24.8 Å². The predicted molar refractivity (Wildman–Crippen MR) is 77.3 cm³/mol. The van der Waals surface area contributed by atoms with Crippen molar-refractivity contribution >= 4 is 18.3 Å². The van der Waals surface area contributed by atoms with E-state index in [9.17, 15) is 14.4 Å². The van der Waals surface area contributed by atoms with Crippen molar-refractivity contribution in [2.24, 2.45) is 7.05 Å². The Morgan fingerprint density at radius 2 is 1.91 bits per heavy atom. The van der Waals surface area contributed by atoms with Crippen LogP contribution >= 0.6 is 0 Å². The van der Waals surface area contributed by atoms with Gasteiger partial charge in [-0.3, -0.25) is 4.68 Å². The van der Waals surface area contributed by atoms with Gasteiger partial charge in [-0.25, -0.2) is 9.59 Å². The molecule has 0 bridgehead atoms. The van der Waals surface area contributed by atoms with Gasteiger partial charge in [0, 0.05) is 7.05 Å². The number of hydrogen-bond donors (Lipinski definition) is 1. The highest BCUT2D eigenvalue weighted by Crippen LogP contribution is 2.20. The van der Waals surface area contributed by atoms with Crippen LogP contribution in [0, 0.1) is 0 Å². The number of amides is 1. The quantitative estimate of drug-likeness (QED) is 0.661. The molecule has 1 rings (SSSR count). The predicted octanol–water partition coefficient (Wildman–Crippen LogP) is 1.15. The summed E-state index contributed by atoms with van der Waals surface area (Å²) < 4.78 is 11.1. The molecule has 0 spiro atoms. The maximum absolute atomic E-state index is 11.9. The van der Waals surface area contributed by atoms with Crippen molar-refractivity contribution in [3.05, 3.63) is 17.5 Å². The number of aldehydes is 1. The summed E-state index contributed by atoms with van der Waals surface area (Å²) in [5.41, 5.74) is -1.72. The van der Waals surface area contributed by atoms with Crippen molar-refractivity contribution in [2.45, 2.75) is 38.8 Å². The molecule has 0 aliphatic heterocycles. The van der Waals surface area contributed by atoms with E-state index < -0.39 is 23.2 Å². The molecule has 1 unspecified atom stereocenters. The van der Waals surface area contributed by atoms with Crippen molar-refractivity contribution in [1.29, 1.82) is 0 Å². The lowest BCUT2D eigenvalue weighted by atomic mass is 9.99. The van der Waals surface area contributed by atoms with E-state index in [2.05, 4.69) is 15.2 Å². The first-order chi connectivity index (χ1) is 10.0. The Bertz CT molecular complexity index is 588. The Hall–Kier alpha value is -2.38. The third-order valence-corrected chi connectivity index (χ3v) is 2.80. The van der Waals surface area contributed by atoms with Crippen molar-refractivity contribution in [3.63, 3.8) is 0 Å². The maximum atomic E-state index is 11.9. The number of hydrogen-bond acceptors (Lipinski definition) is 6. The molecule has 1 amide bonds. The number of rotatable bonds is 4. The first-order valence-corrected chi connectivity index (χ1v) is 6.63. The zero-order valence-electron chi connectivity index (χ0n) is 13.6. The van der Waals surface area contributed by atoms with E-state index in [4.69, 9.17) is 4.74 Å². The van der Waals surface area contributed by atoms with Crippen LogP contribution in [0.1, 0.15) is 43.9 Å². The molecular weight excluding hydrogens is 290 g/mol. The average Bonchev–Trinajstić information content (AvgIpc) is 2.78. The molecule has 0 fully saturated rings. The zero-order valence-corrected chi connectivity index (χ0v) is 13.6. The van der Waals surface area contributed by atoms with Gasteiger partial charge in [-0.15, -0.1) is 0 Å². The number of aromatic nitrogens is 2. The molecule has 1 aromatic rings. The Kier molecular flexibility index (Phi) is 4.95. The minimum Gasteiger partial charge on any atom is -0.464 e. The molecule has 0 saturated carbocycles. The van der Waals surface area contributed by atoms with Gasteiger partial charge in [0.05, 0.1) is 12.8 Å². The Morgan fingerprint density at radius 1 is 1.32 bits per heavy atom. The van der Waals surface area contributed by atoms with Crippen LogP contribution in [0.3, 0.4) is 0 Å². The summed E-state index contributed by atoms with van der Waals surface area (Å²) in [6.07, 6.45) is -0.197. The molecule has 1 atom stereocenters. The fourth-order valence-electron chi connectivity index (χ4n) is 1.83. The van der Waals surface area contributed by atoms with E-state index >= 15 is 0 Å². The van der Waals surface area contributed by atoms with Crippen molar-refractivity contribution in [1.82, 2.24) is 15.1 Å². The van der Waals surface area contributed by atoms with E-state index in [1.807, 2.05) is 0 Å². The summed E-state index contributed by atoms with van der Waals surface area (Å²) in [6, 6.07) is 1.39. The van der Waals surface area contributed by atoms with Gasteiger partial charge >= 0.3 is 12.1 Å². The topological polar surface area (TPSA) is 99.5 Å². The van der Waals surface area contributed by atoms with Gasteiger partial charge in [0.15, 0.2) is 12.0 Å².